The molecule has 0 bridgehead atoms. The van der Waals surface area contributed by atoms with Crippen molar-refractivity contribution in [3.8, 4) is 0 Å². The molecule has 20 heavy (non-hydrogen) atoms. The second-order valence-electron chi connectivity index (χ2n) is 4.98. The SMILES string of the molecule is c1csc(Cn2c(C3CCCO3)nc3cccnc32)c1. The van der Waals surface area contributed by atoms with Crippen LogP contribution in [0.3, 0.4) is 0 Å². The highest BCUT2D eigenvalue weighted by Crippen LogP contribution is 2.30. The lowest BCUT2D eigenvalue weighted by Gasteiger charge is -2.12. The Kier molecular flexibility index (Phi) is 3.01. The van der Waals surface area contributed by atoms with E-state index in [0.29, 0.717) is 0 Å². The van der Waals surface area contributed by atoms with Gasteiger partial charge in [0.05, 0.1) is 6.54 Å². The van der Waals surface area contributed by atoms with E-state index in [1.54, 1.807) is 11.3 Å². The minimum atomic E-state index is 0.115. The predicted molar refractivity (Wildman–Crippen MR) is 78.9 cm³/mol. The first kappa shape index (κ1) is 12.1. The Morgan fingerprint density at radius 3 is 3.15 bits per heavy atom. The number of thiophene rings is 1. The zero-order valence-electron chi connectivity index (χ0n) is 11.0. The molecule has 0 saturated carbocycles. The van der Waals surface area contributed by atoms with Crippen molar-refractivity contribution in [3.05, 3.63) is 46.5 Å². The Labute approximate surface area is 121 Å². The molecule has 3 aromatic rings. The molecule has 0 spiro atoms. The van der Waals surface area contributed by atoms with E-state index >= 15 is 0 Å². The lowest BCUT2D eigenvalue weighted by Crippen LogP contribution is -2.09. The molecule has 1 aliphatic rings. The number of ether oxygens (including phenoxy) is 1. The van der Waals surface area contributed by atoms with Gasteiger partial charge in [-0.1, -0.05) is 6.07 Å². The molecule has 3 aromatic heterocycles. The van der Waals surface area contributed by atoms with Crippen LogP contribution in [-0.2, 0) is 11.3 Å². The van der Waals surface area contributed by atoms with Gasteiger partial charge in [-0.25, -0.2) is 9.97 Å². The van der Waals surface area contributed by atoms with Crippen molar-refractivity contribution in [2.75, 3.05) is 6.61 Å². The van der Waals surface area contributed by atoms with Gasteiger partial charge in [0.1, 0.15) is 17.4 Å². The third-order valence-electron chi connectivity index (χ3n) is 3.65. The summed E-state index contributed by atoms with van der Waals surface area (Å²) in [5.41, 5.74) is 1.90. The summed E-state index contributed by atoms with van der Waals surface area (Å²) in [6.45, 7) is 1.65. The first-order valence-electron chi connectivity index (χ1n) is 6.87. The summed E-state index contributed by atoms with van der Waals surface area (Å²) in [6.07, 6.45) is 4.10. The number of aromatic nitrogens is 3. The number of imidazole rings is 1. The quantitative estimate of drug-likeness (QED) is 0.740. The Hall–Kier alpha value is -1.72. The fourth-order valence-electron chi connectivity index (χ4n) is 2.72. The second kappa shape index (κ2) is 5.00. The number of nitrogens with zero attached hydrogens (tertiary/aromatic N) is 3. The van der Waals surface area contributed by atoms with Gasteiger partial charge in [-0.3, -0.25) is 0 Å². The van der Waals surface area contributed by atoms with E-state index in [0.717, 1.165) is 43.0 Å². The molecule has 4 nitrogen and oxygen atoms in total. The minimum Gasteiger partial charge on any atom is -0.370 e. The second-order valence-corrected chi connectivity index (χ2v) is 6.02. The van der Waals surface area contributed by atoms with Crippen LogP contribution in [0.1, 0.15) is 29.6 Å². The zero-order valence-corrected chi connectivity index (χ0v) is 11.8. The van der Waals surface area contributed by atoms with E-state index in [2.05, 4.69) is 27.1 Å². The molecule has 0 aromatic carbocycles. The standard InChI is InChI=1S/C15H15N3OS/c1-5-12-14(16-7-1)18(10-11-4-3-9-20-11)15(17-12)13-6-2-8-19-13/h1,3-5,7,9,13H,2,6,8,10H2. The average Bonchev–Trinajstić information content (AvgIpc) is 3.19. The van der Waals surface area contributed by atoms with Crippen molar-refractivity contribution in [1.29, 1.82) is 0 Å². The number of hydrogen-bond acceptors (Lipinski definition) is 4. The summed E-state index contributed by atoms with van der Waals surface area (Å²) >= 11 is 1.76. The molecule has 5 heteroatoms. The molecule has 0 radical (unpaired) electrons. The molecule has 4 heterocycles. The summed E-state index contributed by atoms with van der Waals surface area (Å²) in [6, 6.07) is 8.19. The maximum atomic E-state index is 5.82. The first-order valence-corrected chi connectivity index (χ1v) is 7.75. The van der Waals surface area contributed by atoms with Gasteiger partial charge in [0.15, 0.2) is 5.65 Å². The molecular weight excluding hydrogens is 270 g/mol. The first-order chi connectivity index (χ1) is 9.92. The van der Waals surface area contributed by atoms with Crippen LogP contribution in [0.4, 0.5) is 0 Å². The molecule has 1 unspecified atom stereocenters. The highest BCUT2D eigenvalue weighted by Gasteiger charge is 2.25. The maximum absolute atomic E-state index is 5.82. The van der Waals surface area contributed by atoms with E-state index in [-0.39, 0.29) is 6.10 Å². The molecule has 1 saturated heterocycles. The van der Waals surface area contributed by atoms with Crippen LogP contribution >= 0.6 is 11.3 Å². The molecule has 1 fully saturated rings. The molecule has 1 aliphatic heterocycles. The maximum Gasteiger partial charge on any atom is 0.160 e. The van der Waals surface area contributed by atoms with E-state index in [1.165, 1.54) is 4.88 Å². The van der Waals surface area contributed by atoms with Crippen LogP contribution in [0.2, 0.25) is 0 Å². The fourth-order valence-corrected chi connectivity index (χ4v) is 3.41. The average molecular weight is 285 g/mol. The summed E-state index contributed by atoms with van der Waals surface area (Å²) in [5, 5.41) is 2.10. The Morgan fingerprint density at radius 2 is 2.35 bits per heavy atom. The van der Waals surface area contributed by atoms with Gasteiger partial charge < -0.3 is 9.30 Å². The number of hydrogen-bond donors (Lipinski definition) is 0. The summed E-state index contributed by atoms with van der Waals surface area (Å²) in [4.78, 5) is 10.6. The number of rotatable bonds is 3. The van der Waals surface area contributed by atoms with Gasteiger partial charge in [0.2, 0.25) is 0 Å². The van der Waals surface area contributed by atoms with E-state index in [9.17, 15) is 0 Å². The summed E-state index contributed by atoms with van der Waals surface area (Å²) in [5.74, 6) is 1.02. The Morgan fingerprint density at radius 1 is 1.35 bits per heavy atom. The summed E-state index contributed by atoms with van der Waals surface area (Å²) < 4.78 is 8.03. The third-order valence-corrected chi connectivity index (χ3v) is 4.51. The monoisotopic (exact) mass is 285 g/mol. The van der Waals surface area contributed by atoms with Gasteiger partial charge >= 0.3 is 0 Å². The smallest absolute Gasteiger partial charge is 0.160 e. The number of fused-ring (bicyclic) bond motifs is 1. The molecule has 1 atom stereocenters. The Balaban J connectivity index is 1.83. The number of pyridine rings is 1. The van der Waals surface area contributed by atoms with Crippen LogP contribution in [0.25, 0.3) is 11.2 Å². The van der Waals surface area contributed by atoms with Crippen molar-refractivity contribution < 1.29 is 4.74 Å². The van der Waals surface area contributed by atoms with E-state index < -0.39 is 0 Å². The highest BCUT2D eigenvalue weighted by atomic mass is 32.1. The van der Waals surface area contributed by atoms with Gasteiger partial charge in [0, 0.05) is 17.7 Å². The van der Waals surface area contributed by atoms with E-state index in [4.69, 9.17) is 9.72 Å². The largest absolute Gasteiger partial charge is 0.370 e. The van der Waals surface area contributed by atoms with Crippen LogP contribution in [0, 0.1) is 0 Å². The topological polar surface area (TPSA) is 39.9 Å². The van der Waals surface area contributed by atoms with Gasteiger partial charge in [-0.2, -0.15) is 0 Å². The van der Waals surface area contributed by atoms with Gasteiger partial charge in [-0.05, 0) is 36.4 Å². The molecule has 0 N–H and O–H groups in total. The highest BCUT2D eigenvalue weighted by molar-refractivity contribution is 7.09. The van der Waals surface area contributed by atoms with Gasteiger partial charge in [0.25, 0.3) is 0 Å². The van der Waals surface area contributed by atoms with Crippen molar-refractivity contribution in [2.45, 2.75) is 25.5 Å². The summed E-state index contributed by atoms with van der Waals surface area (Å²) in [7, 11) is 0. The van der Waals surface area contributed by atoms with Gasteiger partial charge in [-0.15, -0.1) is 11.3 Å². The molecule has 0 amide bonds. The minimum absolute atomic E-state index is 0.115. The van der Waals surface area contributed by atoms with Crippen molar-refractivity contribution in [3.63, 3.8) is 0 Å². The van der Waals surface area contributed by atoms with Crippen molar-refractivity contribution in [1.82, 2.24) is 14.5 Å². The lowest BCUT2D eigenvalue weighted by molar-refractivity contribution is 0.103. The Bertz CT molecular complexity index is 714. The van der Waals surface area contributed by atoms with Crippen LogP contribution in [-0.4, -0.2) is 21.1 Å². The zero-order chi connectivity index (χ0) is 13.4. The predicted octanol–water partition coefficient (Wildman–Crippen LogP) is 3.39. The van der Waals surface area contributed by atoms with Crippen molar-refractivity contribution >= 4 is 22.5 Å². The van der Waals surface area contributed by atoms with Crippen LogP contribution in [0.5, 0.6) is 0 Å². The van der Waals surface area contributed by atoms with Crippen molar-refractivity contribution in [2.24, 2.45) is 0 Å². The lowest BCUT2D eigenvalue weighted by atomic mass is 10.2. The fraction of sp³-hybridized carbons (Fsp3) is 0.333. The van der Waals surface area contributed by atoms with Crippen LogP contribution < -0.4 is 0 Å². The molecule has 0 aliphatic carbocycles. The molecular formula is C15H15N3OS. The normalized spacial score (nSPS) is 18.9. The third kappa shape index (κ3) is 2.03. The molecule has 4 rings (SSSR count). The molecule has 102 valence electrons. The van der Waals surface area contributed by atoms with E-state index in [1.807, 2.05) is 18.3 Å². The van der Waals surface area contributed by atoms with Crippen LogP contribution in [0.15, 0.2) is 35.8 Å².